The highest BCUT2D eigenvalue weighted by atomic mass is 16.5. The van der Waals surface area contributed by atoms with Crippen molar-refractivity contribution in [3.63, 3.8) is 0 Å². The monoisotopic (exact) mass is 302 g/mol. The van der Waals surface area contributed by atoms with Gasteiger partial charge in [0.15, 0.2) is 0 Å². The van der Waals surface area contributed by atoms with Gasteiger partial charge in [0.25, 0.3) is 5.91 Å². The summed E-state index contributed by atoms with van der Waals surface area (Å²) >= 11 is 0. The molecule has 2 N–H and O–H groups in total. The van der Waals surface area contributed by atoms with Crippen LogP contribution in [0.3, 0.4) is 0 Å². The van der Waals surface area contributed by atoms with E-state index in [1.807, 2.05) is 12.1 Å². The van der Waals surface area contributed by atoms with Gasteiger partial charge in [0.05, 0.1) is 7.11 Å². The third-order valence-corrected chi connectivity index (χ3v) is 2.92. The molecule has 1 aromatic rings. The lowest BCUT2D eigenvalue weighted by atomic mass is 10.2. The van der Waals surface area contributed by atoms with E-state index in [-0.39, 0.29) is 5.70 Å². The molecule has 1 aliphatic heterocycles. The van der Waals surface area contributed by atoms with E-state index >= 15 is 0 Å². The summed E-state index contributed by atoms with van der Waals surface area (Å²) in [4.78, 5) is 34.5. The van der Waals surface area contributed by atoms with Gasteiger partial charge in [-0.2, -0.15) is 0 Å². The number of hydrogen-bond donors (Lipinski definition) is 2. The van der Waals surface area contributed by atoms with E-state index in [1.54, 1.807) is 31.4 Å². The molecule has 2 rings (SSSR count). The molecule has 1 aromatic carbocycles. The standard InChI is InChI=1S/C15H14N2O5/c1-22-11-7-5-10(6-8-11)3-2-4-12-14(20)17(9-13(18)19)15(21)16-12/h2-8H,9H2,1H3,(H,16,21)(H,18,19)/b3-2+,12-4+. The number of nitrogens with one attached hydrogen (secondary N) is 1. The first-order valence-corrected chi connectivity index (χ1v) is 6.38. The van der Waals surface area contributed by atoms with E-state index in [2.05, 4.69) is 5.32 Å². The number of carboxylic acid groups (broad SMARTS) is 1. The first-order chi connectivity index (χ1) is 10.5. The normalized spacial score (nSPS) is 16.4. The van der Waals surface area contributed by atoms with Crippen LogP contribution in [0.4, 0.5) is 4.79 Å². The zero-order chi connectivity index (χ0) is 16.1. The van der Waals surface area contributed by atoms with E-state index in [4.69, 9.17) is 9.84 Å². The molecule has 0 spiro atoms. The summed E-state index contributed by atoms with van der Waals surface area (Å²) in [6.45, 7) is -0.662. The van der Waals surface area contributed by atoms with Gasteiger partial charge in [-0.05, 0) is 23.8 Å². The molecule has 0 aliphatic carbocycles. The average Bonchev–Trinajstić information content (AvgIpc) is 2.75. The van der Waals surface area contributed by atoms with Crippen LogP contribution in [0.2, 0.25) is 0 Å². The first-order valence-electron chi connectivity index (χ1n) is 6.38. The third kappa shape index (κ3) is 3.51. The van der Waals surface area contributed by atoms with Crippen LogP contribution in [0.25, 0.3) is 6.08 Å². The van der Waals surface area contributed by atoms with E-state index in [1.165, 1.54) is 6.08 Å². The van der Waals surface area contributed by atoms with Crippen molar-refractivity contribution in [2.24, 2.45) is 0 Å². The Hall–Kier alpha value is -3.09. The molecule has 22 heavy (non-hydrogen) atoms. The van der Waals surface area contributed by atoms with Gasteiger partial charge in [0, 0.05) is 0 Å². The van der Waals surface area contributed by atoms with Crippen LogP contribution >= 0.6 is 0 Å². The van der Waals surface area contributed by atoms with E-state index in [9.17, 15) is 14.4 Å². The molecule has 0 aromatic heterocycles. The van der Waals surface area contributed by atoms with Gasteiger partial charge < -0.3 is 15.2 Å². The van der Waals surface area contributed by atoms with Crippen LogP contribution in [-0.2, 0) is 9.59 Å². The van der Waals surface area contributed by atoms with E-state index in [0.717, 1.165) is 11.3 Å². The number of amides is 3. The highest BCUT2D eigenvalue weighted by Crippen LogP contribution is 2.13. The van der Waals surface area contributed by atoms with Crippen molar-refractivity contribution < 1.29 is 24.2 Å². The maximum atomic E-state index is 11.8. The maximum Gasteiger partial charge on any atom is 0.329 e. The van der Waals surface area contributed by atoms with Crippen molar-refractivity contribution >= 4 is 24.0 Å². The number of carbonyl (C=O) groups excluding carboxylic acids is 2. The predicted octanol–water partition coefficient (Wildman–Crippen LogP) is 1.23. The number of allylic oxidation sites excluding steroid dienone is 2. The second-order valence-corrected chi connectivity index (χ2v) is 4.43. The smallest absolute Gasteiger partial charge is 0.329 e. The topological polar surface area (TPSA) is 95.9 Å². The zero-order valence-electron chi connectivity index (χ0n) is 11.8. The molecule has 1 saturated heterocycles. The number of methoxy groups -OCH3 is 1. The second-order valence-electron chi connectivity index (χ2n) is 4.43. The minimum Gasteiger partial charge on any atom is -0.497 e. The van der Waals surface area contributed by atoms with Crippen LogP contribution in [-0.4, -0.2) is 41.6 Å². The fourth-order valence-corrected chi connectivity index (χ4v) is 1.84. The van der Waals surface area contributed by atoms with Crippen LogP contribution in [0.5, 0.6) is 5.75 Å². The Bertz CT molecular complexity index is 661. The predicted molar refractivity (Wildman–Crippen MR) is 78.0 cm³/mol. The number of carbonyl (C=O) groups is 3. The number of ether oxygens (including phenoxy) is 1. The SMILES string of the molecule is COc1ccc(/C=C/C=C2/NC(=O)N(CC(=O)O)C2=O)cc1. The summed E-state index contributed by atoms with van der Waals surface area (Å²) in [5.41, 5.74) is 0.924. The van der Waals surface area contributed by atoms with Gasteiger partial charge in [-0.15, -0.1) is 0 Å². The summed E-state index contributed by atoms with van der Waals surface area (Å²) in [6, 6.07) is 6.52. The van der Waals surface area contributed by atoms with Crippen LogP contribution in [0.15, 0.2) is 42.1 Å². The molecular formula is C15H14N2O5. The summed E-state index contributed by atoms with van der Waals surface area (Å²) in [7, 11) is 1.58. The van der Waals surface area contributed by atoms with E-state index < -0.39 is 24.5 Å². The van der Waals surface area contributed by atoms with Crippen molar-refractivity contribution in [3.05, 3.63) is 47.7 Å². The number of hydrogen-bond acceptors (Lipinski definition) is 4. The lowest BCUT2D eigenvalue weighted by molar-refractivity contribution is -0.140. The molecule has 0 atom stereocenters. The number of urea groups is 1. The highest BCUT2D eigenvalue weighted by molar-refractivity contribution is 6.13. The molecule has 0 radical (unpaired) electrons. The van der Waals surface area contributed by atoms with Crippen molar-refractivity contribution in [1.82, 2.24) is 10.2 Å². The Morgan fingerprint density at radius 3 is 2.59 bits per heavy atom. The average molecular weight is 302 g/mol. The molecule has 7 heteroatoms. The molecule has 3 amide bonds. The van der Waals surface area contributed by atoms with Gasteiger partial charge in [-0.1, -0.05) is 24.3 Å². The Labute approximate surface area is 126 Å². The number of aliphatic carboxylic acids is 1. The van der Waals surface area contributed by atoms with Crippen LogP contribution < -0.4 is 10.1 Å². The van der Waals surface area contributed by atoms with Crippen molar-refractivity contribution in [3.8, 4) is 5.75 Å². The van der Waals surface area contributed by atoms with E-state index in [0.29, 0.717) is 4.90 Å². The molecule has 114 valence electrons. The van der Waals surface area contributed by atoms with Gasteiger partial charge in [-0.25, -0.2) is 9.69 Å². The second kappa shape index (κ2) is 6.57. The van der Waals surface area contributed by atoms with Crippen LogP contribution in [0.1, 0.15) is 5.56 Å². The quantitative estimate of drug-likeness (QED) is 0.630. The Balaban J connectivity index is 2.06. The molecular weight excluding hydrogens is 288 g/mol. The number of imide groups is 1. The van der Waals surface area contributed by atoms with Crippen molar-refractivity contribution in [2.45, 2.75) is 0 Å². The number of carboxylic acids is 1. The lowest BCUT2D eigenvalue weighted by Crippen LogP contribution is -2.35. The zero-order valence-corrected chi connectivity index (χ0v) is 11.8. The molecule has 0 unspecified atom stereocenters. The highest BCUT2D eigenvalue weighted by Gasteiger charge is 2.34. The largest absolute Gasteiger partial charge is 0.497 e. The Morgan fingerprint density at radius 2 is 2.00 bits per heavy atom. The van der Waals surface area contributed by atoms with Gasteiger partial charge in [0.1, 0.15) is 18.0 Å². The van der Waals surface area contributed by atoms with Gasteiger partial charge in [-0.3, -0.25) is 9.59 Å². The first kappa shape index (κ1) is 15.3. The number of nitrogens with zero attached hydrogens (tertiary/aromatic N) is 1. The summed E-state index contributed by atoms with van der Waals surface area (Å²) in [5.74, 6) is -1.18. The summed E-state index contributed by atoms with van der Waals surface area (Å²) < 4.78 is 5.04. The van der Waals surface area contributed by atoms with Gasteiger partial charge in [0.2, 0.25) is 0 Å². The maximum absolute atomic E-state index is 11.8. The van der Waals surface area contributed by atoms with Gasteiger partial charge >= 0.3 is 12.0 Å². The molecule has 1 aliphatic rings. The fraction of sp³-hybridized carbons (Fsp3) is 0.133. The summed E-state index contributed by atoms with van der Waals surface area (Å²) in [6.07, 6.45) is 4.76. The minimum atomic E-state index is -1.25. The lowest BCUT2D eigenvalue weighted by Gasteiger charge is -2.06. The molecule has 7 nitrogen and oxygen atoms in total. The summed E-state index contributed by atoms with van der Waals surface area (Å²) in [5, 5.41) is 11.0. The molecule has 1 fully saturated rings. The molecule has 0 saturated carbocycles. The van der Waals surface area contributed by atoms with Crippen molar-refractivity contribution in [1.29, 1.82) is 0 Å². The Kier molecular flexibility index (Phi) is 4.57. The fourth-order valence-electron chi connectivity index (χ4n) is 1.84. The minimum absolute atomic E-state index is 0.0380. The van der Waals surface area contributed by atoms with Crippen LogP contribution in [0, 0.1) is 0 Å². The number of benzene rings is 1. The third-order valence-electron chi connectivity index (χ3n) is 2.92. The van der Waals surface area contributed by atoms with Crippen molar-refractivity contribution in [2.75, 3.05) is 13.7 Å². The molecule has 1 heterocycles. The Morgan fingerprint density at radius 1 is 1.32 bits per heavy atom. The molecule has 0 bridgehead atoms. The number of rotatable bonds is 5.